The largest absolute Gasteiger partial charge is 0.389 e. The van der Waals surface area contributed by atoms with Crippen LogP contribution in [0.15, 0.2) is 0 Å². The lowest BCUT2D eigenvalue weighted by Crippen LogP contribution is -2.65. The number of amidine groups is 1. The van der Waals surface area contributed by atoms with Crippen molar-refractivity contribution in [1.82, 2.24) is 15.1 Å². The van der Waals surface area contributed by atoms with E-state index in [2.05, 4.69) is 5.32 Å². The zero-order valence-electron chi connectivity index (χ0n) is 23.1. The van der Waals surface area contributed by atoms with Crippen molar-refractivity contribution in [3.63, 3.8) is 0 Å². The second kappa shape index (κ2) is 16.7. The minimum Gasteiger partial charge on any atom is -0.389 e. The van der Waals surface area contributed by atoms with Gasteiger partial charge in [-0.15, -0.1) is 0 Å². The SMILES string of the molecule is COCC1OC(OC)C(NC(=O)N(C)C)C(O)C1O.COCC1OC(OC)C(SC(=N)N(C)C)C(O)C1O. The van der Waals surface area contributed by atoms with E-state index in [-0.39, 0.29) is 18.4 Å². The van der Waals surface area contributed by atoms with Gasteiger partial charge < -0.3 is 64.0 Å². The van der Waals surface area contributed by atoms with E-state index in [1.807, 2.05) is 0 Å². The number of ether oxygens (including phenoxy) is 6. The normalized spacial score (nSPS) is 35.1. The molecule has 15 nitrogen and oxygen atoms in total. The van der Waals surface area contributed by atoms with Crippen LogP contribution in [0.4, 0.5) is 4.79 Å². The summed E-state index contributed by atoms with van der Waals surface area (Å²) in [6.07, 6.45) is -7.41. The van der Waals surface area contributed by atoms with E-state index >= 15 is 0 Å². The maximum absolute atomic E-state index is 11.6. The Morgan fingerprint density at radius 2 is 1.29 bits per heavy atom. The predicted molar refractivity (Wildman–Crippen MR) is 138 cm³/mol. The number of methoxy groups -OCH3 is 4. The van der Waals surface area contributed by atoms with E-state index in [0.29, 0.717) is 0 Å². The number of carbonyl (C=O) groups excluding carboxylic acids is 1. The summed E-state index contributed by atoms with van der Waals surface area (Å²) in [5.74, 6) is 0. The maximum atomic E-state index is 11.6. The number of hydrogen-bond donors (Lipinski definition) is 6. The van der Waals surface area contributed by atoms with Crippen molar-refractivity contribution in [1.29, 1.82) is 5.41 Å². The molecule has 10 unspecified atom stereocenters. The number of aliphatic hydroxyl groups excluding tert-OH is 4. The summed E-state index contributed by atoms with van der Waals surface area (Å²) >= 11 is 1.10. The second-order valence-corrected chi connectivity index (χ2v) is 10.2. The molecule has 0 aromatic heterocycles. The fourth-order valence-electron chi connectivity index (χ4n) is 3.62. The number of aliphatic hydroxyl groups is 4. The number of thioether (sulfide) groups is 1. The van der Waals surface area contributed by atoms with Crippen LogP contribution in [0.5, 0.6) is 0 Å². The first-order chi connectivity index (χ1) is 17.8. The minimum atomic E-state index is -1.21. The van der Waals surface area contributed by atoms with Crippen LogP contribution >= 0.6 is 11.8 Å². The highest BCUT2D eigenvalue weighted by atomic mass is 32.2. The van der Waals surface area contributed by atoms with Gasteiger partial charge in [0.15, 0.2) is 17.7 Å². The second-order valence-electron chi connectivity index (χ2n) is 9.08. The van der Waals surface area contributed by atoms with E-state index in [1.54, 1.807) is 33.1 Å². The molecule has 2 aliphatic heterocycles. The molecule has 0 radical (unpaired) electrons. The molecule has 0 aromatic carbocycles. The highest BCUT2D eigenvalue weighted by Gasteiger charge is 2.46. The summed E-state index contributed by atoms with van der Waals surface area (Å²) in [4.78, 5) is 14.5. The Kier molecular flexibility index (Phi) is 15.3. The Bertz CT molecular complexity index is 661. The summed E-state index contributed by atoms with van der Waals surface area (Å²) in [7, 11) is 12.4. The highest BCUT2D eigenvalue weighted by molar-refractivity contribution is 8.14. The Morgan fingerprint density at radius 3 is 1.71 bits per heavy atom. The van der Waals surface area contributed by atoms with E-state index in [1.165, 1.54) is 33.3 Å². The molecule has 2 rings (SSSR count). The lowest BCUT2D eigenvalue weighted by Gasteiger charge is -2.42. The van der Waals surface area contributed by atoms with Crippen molar-refractivity contribution in [2.75, 3.05) is 69.8 Å². The molecule has 0 aromatic rings. The number of amides is 2. The first kappa shape index (κ1) is 34.7. The summed E-state index contributed by atoms with van der Waals surface area (Å²) in [5.41, 5.74) is 0. The van der Waals surface area contributed by atoms with Crippen LogP contribution in [0.25, 0.3) is 0 Å². The maximum Gasteiger partial charge on any atom is 0.317 e. The number of urea groups is 1. The average Bonchev–Trinajstić information content (AvgIpc) is 2.88. The van der Waals surface area contributed by atoms with Gasteiger partial charge in [-0.1, -0.05) is 11.8 Å². The molecular weight excluding hydrogens is 528 g/mol. The van der Waals surface area contributed by atoms with Crippen molar-refractivity contribution in [3.05, 3.63) is 0 Å². The number of hydrogen-bond acceptors (Lipinski definition) is 13. The lowest BCUT2D eigenvalue weighted by atomic mass is 9.97. The first-order valence-electron chi connectivity index (χ1n) is 11.8. The summed E-state index contributed by atoms with van der Waals surface area (Å²) in [6, 6.07) is -1.27. The smallest absolute Gasteiger partial charge is 0.317 e. The van der Waals surface area contributed by atoms with Crippen LogP contribution in [0.2, 0.25) is 0 Å². The van der Waals surface area contributed by atoms with Crippen molar-refractivity contribution in [2.24, 2.45) is 0 Å². The van der Waals surface area contributed by atoms with Crippen molar-refractivity contribution in [3.8, 4) is 0 Å². The van der Waals surface area contributed by atoms with Gasteiger partial charge in [0.25, 0.3) is 0 Å². The summed E-state index contributed by atoms with van der Waals surface area (Å²) < 4.78 is 31.2. The molecule has 224 valence electrons. The number of rotatable bonds is 8. The van der Waals surface area contributed by atoms with Gasteiger partial charge >= 0.3 is 6.03 Å². The fourth-order valence-corrected chi connectivity index (χ4v) is 4.67. The van der Waals surface area contributed by atoms with Gasteiger partial charge in [0.1, 0.15) is 36.6 Å². The number of nitrogens with one attached hydrogen (secondary N) is 2. The standard InChI is InChI=1S/C11H22N2O6.C11H22N2O5S/c1-13(2)11(16)12-7-9(15)8(14)6(5-17-3)19-10(7)18-4;1-13(2)11(12)19-9-8(15)7(14)6(5-16-3)18-10(9)17-4/h6-10,14-15H,5H2,1-4H3,(H,12,16);6-10,12,14-15H,5H2,1-4H3. The molecule has 2 aliphatic rings. The van der Waals surface area contributed by atoms with Gasteiger partial charge in [-0.05, 0) is 0 Å². The average molecular weight is 573 g/mol. The fraction of sp³-hybridized carbons (Fsp3) is 0.909. The third-order valence-corrected chi connectivity index (χ3v) is 7.18. The summed E-state index contributed by atoms with van der Waals surface area (Å²) in [6.45, 7) is 0.285. The zero-order valence-corrected chi connectivity index (χ0v) is 24.0. The molecule has 10 atom stereocenters. The topological polar surface area (TPSA) is 196 Å². The van der Waals surface area contributed by atoms with Crippen LogP contribution in [0.3, 0.4) is 0 Å². The minimum absolute atomic E-state index is 0.117. The summed E-state index contributed by atoms with van der Waals surface area (Å²) in [5, 5.41) is 50.2. The molecule has 2 amide bonds. The molecule has 0 saturated carbocycles. The Hall–Kier alpha value is -1.31. The molecule has 16 heteroatoms. The van der Waals surface area contributed by atoms with Crippen LogP contribution in [0.1, 0.15) is 0 Å². The molecule has 2 saturated heterocycles. The highest BCUT2D eigenvalue weighted by Crippen LogP contribution is 2.31. The predicted octanol–water partition coefficient (Wildman–Crippen LogP) is -2.31. The van der Waals surface area contributed by atoms with Gasteiger partial charge in [-0.25, -0.2) is 4.79 Å². The molecule has 0 aliphatic carbocycles. The third kappa shape index (κ3) is 9.41. The van der Waals surface area contributed by atoms with Crippen LogP contribution in [-0.2, 0) is 28.4 Å². The Labute approximate surface area is 227 Å². The van der Waals surface area contributed by atoms with Crippen molar-refractivity contribution < 1.29 is 53.6 Å². The monoisotopic (exact) mass is 572 g/mol. The number of carbonyl (C=O) groups is 1. The Balaban J connectivity index is 0.000000380. The van der Waals surface area contributed by atoms with E-state index in [0.717, 1.165) is 11.8 Å². The van der Waals surface area contributed by atoms with Gasteiger partial charge in [0.05, 0.1) is 24.6 Å². The molecule has 6 N–H and O–H groups in total. The quantitative estimate of drug-likeness (QED) is 0.134. The van der Waals surface area contributed by atoms with Crippen LogP contribution in [-0.4, -0.2) is 172 Å². The molecule has 2 fully saturated rings. The first-order valence-corrected chi connectivity index (χ1v) is 12.7. The van der Waals surface area contributed by atoms with Crippen LogP contribution in [0, 0.1) is 5.41 Å². The van der Waals surface area contributed by atoms with Gasteiger partial charge in [-0.3, -0.25) is 5.41 Å². The Morgan fingerprint density at radius 1 is 0.816 bits per heavy atom. The van der Waals surface area contributed by atoms with E-state index in [9.17, 15) is 25.2 Å². The van der Waals surface area contributed by atoms with E-state index in [4.69, 9.17) is 33.8 Å². The van der Waals surface area contributed by atoms with Crippen LogP contribution < -0.4 is 5.32 Å². The molecule has 2 heterocycles. The zero-order chi connectivity index (χ0) is 29.2. The van der Waals surface area contributed by atoms with Gasteiger partial charge in [0.2, 0.25) is 0 Å². The van der Waals surface area contributed by atoms with Gasteiger partial charge in [-0.2, -0.15) is 0 Å². The molecule has 38 heavy (non-hydrogen) atoms. The molecule has 0 bridgehead atoms. The molecular formula is C22H44N4O11S. The van der Waals surface area contributed by atoms with E-state index < -0.39 is 66.5 Å². The molecule has 0 spiro atoms. The van der Waals surface area contributed by atoms with Crippen molar-refractivity contribution >= 4 is 23.0 Å². The number of nitrogens with zero attached hydrogens (tertiary/aromatic N) is 2. The third-order valence-electron chi connectivity index (χ3n) is 5.82. The van der Waals surface area contributed by atoms with Crippen molar-refractivity contribution in [2.45, 2.75) is 60.5 Å². The van der Waals surface area contributed by atoms with Gasteiger partial charge in [0, 0.05) is 56.6 Å². The lowest BCUT2D eigenvalue weighted by molar-refractivity contribution is -0.263.